The average molecular weight is 502 g/mol. The van der Waals surface area contributed by atoms with Gasteiger partial charge in [-0.25, -0.2) is 13.2 Å². The maximum atomic E-state index is 12.9. The van der Waals surface area contributed by atoms with E-state index in [-0.39, 0.29) is 21.5 Å². The molecule has 3 rings (SSSR count). The van der Waals surface area contributed by atoms with Crippen molar-refractivity contribution in [3.8, 4) is 11.8 Å². The molecule has 3 aromatic carbocycles. The van der Waals surface area contributed by atoms with Gasteiger partial charge in [-0.2, -0.15) is 5.26 Å². The molecule has 0 saturated heterocycles. The number of methoxy groups -OCH3 is 1. The number of esters is 1. The van der Waals surface area contributed by atoms with Crippen molar-refractivity contribution in [1.82, 2.24) is 0 Å². The van der Waals surface area contributed by atoms with Gasteiger partial charge in [0.25, 0.3) is 0 Å². The molecule has 0 atom stereocenters. The summed E-state index contributed by atoms with van der Waals surface area (Å²) in [5.74, 6) is 0.131. The predicted octanol–water partition coefficient (Wildman–Crippen LogP) is 5.70. The summed E-state index contributed by atoms with van der Waals surface area (Å²) in [6.07, 6.45) is 1.25. The SMILES string of the molecule is COC(=O)c1ccc(COc2ccc(/C=C(\C#N)S(=O)(=O)c3cc(Cl)ccc3Cl)cc2)cc1. The first-order valence-corrected chi connectivity index (χ1v) is 11.7. The number of allylic oxidation sites excluding steroid dienone is 1. The molecule has 0 amide bonds. The first-order chi connectivity index (χ1) is 15.7. The van der Waals surface area contributed by atoms with Crippen LogP contribution >= 0.6 is 23.2 Å². The van der Waals surface area contributed by atoms with Crippen LogP contribution < -0.4 is 4.74 Å². The molecule has 0 aliphatic carbocycles. The second-order valence-corrected chi connectivity index (χ2v) is 9.47. The molecule has 0 unspecified atom stereocenters. The summed E-state index contributed by atoms with van der Waals surface area (Å²) in [6, 6.07) is 19.1. The van der Waals surface area contributed by atoms with Gasteiger partial charge < -0.3 is 9.47 Å². The van der Waals surface area contributed by atoms with Gasteiger partial charge in [0.15, 0.2) is 0 Å². The molecule has 0 aliphatic rings. The molecule has 9 heteroatoms. The lowest BCUT2D eigenvalue weighted by Crippen LogP contribution is -2.04. The van der Waals surface area contributed by atoms with E-state index in [1.807, 2.05) is 0 Å². The van der Waals surface area contributed by atoms with Crippen molar-refractivity contribution in [2.24, 2.45) is 0 Å². The van der Waals surface area contributed by atoms with Crippen LogP contribution in [0.25, 0.3) is 6.08 Å². The van der Waals surface area contributed by atoms with Gasteiger partial charge in [0, 0.05) is 5.02 Å². The molecule has 0 spiro atoms. The third-order valence-electron chi connectivity index (χ3n) is 4.54. The third-order valence-corrected chi connectivity index (χ3v) is 6.92. The molecule has 33 heavy (non-hydrogen) atoms. The number of ether oxygens (including phenoxy) is 2. The predicted molar refractivity (Wildman–Crippen MR) is 126 cm³/mol. The van der Waals surface area contributed by atoms with Crippen LogP contribution in [-0.2, 0) is 21.2 Å². The number of carbonyl (C=O) groups excluding carboxylic acids is 1. The Morgan fingerprint density at radius 1 is 1.03 bits per heavy atom. The van der Waals surface area contributed by atoms with Crippen molar-refractivity contribution in [3.05, 3.63) is 98.4 Å². The first kappa shape index (κ1) is 24.3. The Balaban J connectivity index is 1.74. The van der Waals surface area contributed by atoms with Crippen LogP contribution in [0.4, 0.5) is 0 Å². The van der Waals surface area contributed by atoms with E-state index in [9.17, 15) is 18.5 Å². The molecular formula is C24H17Cl2NO5S. The van der Waals surface area contributed by atoms with E-state index in [0.717, 1.165) is 5.56 Å². The van der Waals surface area contributed by atoms with E-state index in [4.69, 9.17) is 27.9 Å². The van der Waals surface area contributed by atoms with Crippen LogP contribution in [0.2, 0.25) is 10.0 Å². The second kappa shape index (κ2) is 10.5. The molecule has 0 saturated carbocycles. The highest BCUT2D eigenvalue weighted by Gasteiger charge is 2.24. The molecule has 3 aromatic rings. The fourth-order valence-electron chi connectivity index (χ4n) is 2.80. The molecule has 0 aliphatic heterocycles. The number of hydrogen-bond donors (Lipinski definition) is 0. The quantitative estimate of drug-likeness (QED) is 0.304. The number of nitrogens with zero attached hydrogens (tertiary/aromatic N) is 1. The van der Waals surface area contributed by atoms with Crippen LogP contribution in [-0.4, -0.2) is 21.5 Å². The summed E-state index contributed by atoms with van der Waals surface area (Å²) in [4.78, 5) is 10.8. The van der Waals surface area contributed by atoms with Crippen LogP contribution in [0.1, 0.15) is 21.5 Å². The van der Waals surface area contributed by atoms with Crippen LogP contribution in [0.15, 0.2) is 76.5 Å². The van der Waals surface area contributed by atoms with Crippen molar-refractivity contribution in [1.29, 1.82) is 5.26 Å². The van der Waals surface area contributed by atoms with Crippen molar-refractivity contribution < 1.29 is 22.7 Å². The van der Waals surface area contributed by atoms with Gasteiger partial charge >= 0.3 is 5.97 Å². The van der Waals surface area contributed by atoms with Crippen LogP contribution in [0.5, 0.6) is 5.75 Å². The molecule has 0 N–H and O–H groups in total. The van der Waals surface area contributed by atoms with Crippen LogP contribution in [0.3, 0.4) is 0 Å². The number of rotatable bonds is 7. The first-order valence-electron chi connectivity index (χ1n) is 9.46. The molecule has 0 fully saturated rings. The molecule has 0 radical (unpaired) electrons. The van der Waals surface area contributed by atoms with E-state index >= 15 is 0 Å². The fourth-order valence-corrected chi connectivity index (χ4v) is 4.72. The van der Waals surface area contributed by atoms with Crippen molar-refractivity contribution >= 4 is 45.1 Å². The summed E-state index contributed by atoms with van der Waals surface area (Å²) >= 11 is 11.9. The van der Waals surface area contributed by atoms with E-state index in [1.165, 1.54) is 31.4 Å². The minimum Gasteiger partial charge on any atom is -0.489 e. The zero-order valence-corrected chi connectivity index (χ0v) is 19.6. The molecule has 168 valence electrons. The smallest absolute Gasteiger partial charge is 0.337 e. The zero-order chi connectivity index (χ0) is 24.0. The molecule has 6 nitrogen and oxygen atoms in total. The van der Waals surface area contributed by atoms with E-state index in [0.29, 0.717) is 16.9 Å². The average Bonchev–Trinajstić information content (AvgIpc) is 2.83. The fraction of sp³-hybridized carbons (Fsp3) is 0.0833. The Morgan fingerprint density at radius 3 is 2.30 bits per heavy atom. The monoisotopic (exact) mass is 501 g/mol. The molecule has 0 aromatic heterocycles. The van der Waals surface area contributed by atoms with E-state index < -0.39 is 20.7 Å². The molecular weight excluding hydrogens is 485 g/mol. The van der Waals surface area contributed by atoms with Gasteiger partial charge in [-0.3, -0.25) is 0 Å². The lowest BCUT2D eigenvalue weighted by molar-refractivity contribution is 0.0600. The summed E-state index contributed by atoms with van der Waals surface area (Å²) < 4.78 is 36.1. The lowest BCUT2D eigenvalue weighted by Gasteiger charge is -2.08. The van der Waals surface area contributed by atoms with Crippen molar-refractivity contribution in [2.45, 2.75) is 11.5 Å². The lowest BCUT2D eigenvalue weighted by atomic mass is 10.1. The zero-order valence-electron chi connectivity index (χ0n) is 17.3. The third kappa shape index (κ3) is 5.93. The number of benzene rings is 3. The highest BCUT2D eigenvalue weighted by molar-refractivity contribution is 7.95. The Kier molecular flexibility index (Phi) is 7.77. The largest absolute Gasteiger partial charge is 0.489 e. The number of halogens is 2. The standard InChI is InChI=1S/C24H17Cl2NO5S/c1-31-24(28)18-6-2-17(3-7-18)15-32-20-9-4-16(5-10-20)12-21(14-27)33(29,30)23-13-19(25)8-11-22(23)26/h2-13H,15H2,1H3/b21-12+. The summed E-state index contributed by atoms with van der Waals surface area (Å²) in [7, 11) is -2.83. The van der Waals surface area contributed by atoms with Gasteiger partial charge in [-0.05, 0) is 59.7 Å². The number of carbonyl (C=O) groups is 1. The maximum Gasteiger partial charge on any atom is 0.337 e. The van der Waals surface area contributed by atoms with E-state index in [2.05, 4.69) is 4.74 Å². The highest BCUT2D eigenvalue weighted by atomic mass is 35.5. The Labute approximate surface area is 201 Å². The van der Waals surface area contributed by atoms with Gasteiger partial charge in [0.05, 0.1) is 22.6 Å². The Morgan fingerprint density at radius 2 is 1.70 bits per heavy atom. The Hall–Kier alpha value is -3.31. The van der Waals surface area contributed by atoms with Crippen molar-refractivity contribution in [3.63, 3.8) is 0 Å². The van der Waals surface area contributed by atoms with Crippen molar-refractivity contribution in [2.75, 3.05) is 7.11 Å². The highest BCUT2D eigenvalue weighted by Crippen LogP contribution is 2.30. The van der Waals surface area contributed by atoms with Crippen LogP contribution in [0, 0.1) is 11.3 Å². The molecule has 0 bridgehead atoms. The number of nitriles is 1. The van der Waals surface area contributed by atoms with Gasteiger partial charge in [-0.15, -0.1) is 0 Å². The summed E-state index contributed by atoms with van der Waals surface area (Å²) in [6.45, 7) is 0.266. The number of sulfone groups is 1. The van der Waals surface area contributed by atoms with Gasteiger partial charge in [-0.1, -0.05) is 47.5 Å². The minimum absolute atomic E-state index is 0.0242. The normalized spacial score (nSPS) is 11.5. The second-order valence-electron chi connectivity index (χ2n) is 6.74. The van der Waals surface area contributed by atoms with Gasteiger partial charge in [0.1, 0.15) is 23.3 Å². The summed E-state index contributed by atoms with van der Waals surface area (Å²) in [5.41, 5.74) is 1.78. The Bertz CT molecular complexity index is 1340. The maximum absolute atomic E-state index is 12.9. The van der Waals surface area contributed by atoms with Gasteiger partial charge in [0.2, 0.25) is 9.84 Å². The minimum atomic E-state index is -4.15. The molecule has 0 heterocycles. The topological polar surface area (TPSA) is 93.5 Å². The summed E-state index contributed by atoms with van der Waals surface area (Å²) in [5, 5.41) is 9.62. The van der Waals surface area contributed by atoms with E-state index in [1.54, 1.807) is 54.6 Å². The number of hydrogen-bond acceptors (Lipinski definition) is 6.